The zero-order valence-electron chi connectivity index (χ0n) is 15.8. The summed E-state index contributed by atoms with van der Waals surface area (Å²) in [5.41, 5.74) is 0.728. The maximum absolute atomic E-state index is 13.3. The summed E-state index contributed by atoms with van der Waals surface area (Å²) in [6, 6.07) is 3.34. The molecule has 2 heterocycles. The molecule has 1 saturated heterocycles. The van der Waals surface area contributed by atoms with Gasteiger partial charge in [-0.05, 0) is 56.3 Å². The average molecular weight is 433 g/mol. The first kappa shape index (κ1) is 20.9. The molecule has 0 atom stereocenters. The second-order valence-corrected chi connectivity index (χ2v) is 11.4. The number of nitrogens with one attached hydrogen (secondary N) is 1. The highest BCUT2D eigenvalue weighted by Gasteiger charge is 2.51. The zero-order chi connectivity index (χ0) is 18.7. The Labute approximate surface area is 171 Å². The van der Waals surface area contributed by atoms with E-state index < -0.39 is 9.84 Å². The van der Waals surface area contributed by atoms with Crippen LogP contribution in [0.2, 0.25) is 5.02 Å². The minimum atomic E-state index is -3.55. The summed E-state index contributed by atoms with van der Waals surface area (Å²) in [7, 11) is -3.55. The summed E-state index contributed by atoms with van der Waals surface area (Å²) in [5, 5.41) is 3.19. The third kappa shape index (κ3) is 3.50. The van der Waals surface area contributed by atoms with Crippen LogP contribution >= 0.6 is 24.0 Å². The number of aromatic nitrogens is 1. The van der Waals surface area contributed by atoms with Crippen molar-refractivity contribution in [1.82, 2.24) is 10.3 Å². The molecule has 27 heavy (non-hydrogen) atoms. The maximum Gasteiger partial charge on any atom is 0.200 e. The molecule has 0 bridgehead atoms. The minimum absolute atomic E-state index is 0. The molecule has 1 aromatic heterocycles. The number of hydrogen-bond donors (Lipinski definition) is 1. The Morgan fingerprint density at radius 1 is 1.22 bits per heavy atom. The Bertz CT molecular complexity index is 949. The van der Waals surface area contributed by atoms with Crippen molar-refractivity contribution in [2.75, 3.05) is 13.1 Å². The summed E-state index contributed by atoms with van der Waals surface area (Å²) < 4.78 is 32.6. The molecule has 1 aromatic carbocycles. The SMILES string of the molecule is CC(C)(C)c1nc2ccc(Cl)c(S(=O)(=O)C3CC4(CCNCC4)C3)c2o1.Cl. The Kier molecular flexibility index (Phi) is 5.34. The Morgan fingerprint density at radius 3 is 2.44 bits per heavy atom. The number of piperidine rings is 1. The number of nitrogens with zero attached hydrogens (tertiary/aromatic N) is 1. The van der Waals surface area contributed by atoms with E-state index in [-0.39, 0.29) is 38.4 Å². The molecule has 5 nitrogen and oxygen atoms in total. The summed E-state index contributed by atoms with van der Waals surface area (Å²) >= 11 is 6.34. The number of rotatable bonds is 2. The van der Waals surface area contributed by atoms with Crippen LogP contribution < -0.4 is 5.32 Å². The average Bonchev–Trinajstić information content (AvgIpc) is 2.97. The third-order valence-electron chi connectivity index (χ3n) is 5.81. The van der Waals surface area contributed by atoms with Gasteiger partial charge < -0.3 is 9.73 Å². The largest absolute Gasteiger partial charge is 0.439 e. The van der Waals surface area contributed by atoms with Gasteiger partial charge in [0.1, 0.15) is 10.4 Å². The van der Waals surface area contributed by atoms with Gasteiger partial charge >= 0.3 is 0 Å². The minimum Gasteiger partial charge on any atom is -0.439 e. The van der Waals surface area contributed by atoms with Crippen molar-refractivity contribution in [2.24, 2.45) is 5.41 Å². The van der Waals surface area contributed by atoms with E-state index in [0.717, 1.165) is 25.9 Å². The summed E-state index contributed by atoms with van der Waals surface area (Å²) in [6.07, 6.45) is 3.52. The fraction of sp³-hybridized carbons (Fsp3) is 0.632. The molecule has 1 aliphatic heterocycles. The monoisotopic (exact) mass is 432 g/mol. The third-order valence-corrected chi connectivity index (χ3v) is 8.43. The van der Waals surface area contributed by atoms with Gasteiger partial charge in [-0.1, -0.05) is 32.4 Å². The predicted octanol–water partition coefficient (Wildman–Crippen LogP) is 4.51. The molecule has 4 rings (SSSR count). The quantitative estimate of drug-likeness (QED) is 0.755. The van der Waals surface area contributed by atoms with Crippen molar-refractivity contribution >= 4 is 44.9 Å². The predicted molar refractivity (Wildman–Crippen MR) is 110 cm³/mol. The van der Waals surface area contributed by atoms with E-state index in [0.29, 0.717) is 29.8 Å². The van der Waals surface area contributed by atoms with Gasteiger partial charge in [-0.15, -0.1) is 12.4 Å². The zero-order valence-corrected chi connectivity index (χ0v) is 18.2. The molecular weight excluding hydrogens is 407 g/mol. The molecular formula is C19H26Cl2N2O3S. The van der Waals surface area contributed by atoms with Crippen LogP contribution in [0.5, 0.6) is 0 Å². The normalized spacial score (nSPS) is 20.4. The lowest BCUT2D eigenvalue weighted by atomic mass is 9.63. The Morgan fingerprint density at radius 2 is 1.85 bits per heavy atom. The number of sulfone groups is 1. The molecule has 0 unspecified atom stereocenters. The highest BCUT2D eigenvalue weighted by atomic mass is 35.5. The topological polar surface area (TPSA) is 72.2 Å². The smallest absolute Gasteiger partial charge is 0.200 e. The van der Waals surface area contributed by atoms with Gasteiger partial charge in [-0.3, -0.25) is 0 Å². The molecule has 2 fully saturated rings. The molecule has 1 saturated carbocycles. The standard InChI is InChI=1S/C19H25ClN2O3S.ClH/c1-18(2,3)17-22-14-5-4-13(20)16(15(14)25-17)26(23,24)12-10-19(11-12)6-8-21-9-7-19;/h4-5,12,21H,6-11H2,1-3H3;1H. The Balaban J connectivity index is 0.00000210. The van der Waals surface area contributed by atoms with Crippen LogP contribution in [0.1, 0.15) is 52.3 Å². The van der Waals surface area contributed by atoms with E-state index in [1.165, 1.54) is 0 Å². The number of oxazole rings is 1. The van der Waals surface area contributed by atoms with E-state index in [1.54, 1.807) is 12.1 Å². The molecule has 0 amide bonds. The van der Waals surface area contributed by atoms with Gasteiger partial charge in [0.2, 0.25) is 5.89 Å². The highest BCUT2D eigenvalue weighted by molar-refractivity contribution is 7.92. The first-order valence-electron chi connectivity index (χ1n) is 9.17. The van der Waals surface area contributed by atoms with Crippen LogP contribution in [-0.4, -0.2) is 31.7 Å². The molecule has 150 valence electrons. The van der Waals surface area contributed by atoms with Gasteiger partial charge in [0.25, 0.3) is 0 Å². The van der Waals surface area contributed by atoms with Crippen LogP contribution in [-0.2, 0) is 15.3 Å². The number of fused-ring (bicyclic) bond motifs is 1. The summed E-state index contributed by atoms with van der Waals surface area (Å²) in [6.45, 7) is 7.90. The van der Waals surface area contributed by atoms with Gasteiger partial charge in [-0.2, -0.15) is 0 Å². The van der Waals surface area contributed by atoms with Crippen molar-refractivity contribution in [1.29, 1.82) is 0 Å². The van der Waals surface area contributed by atoms with Crippen molar-refractivity contribution in [2.45, 2.75) is 62.0 Å². The van der Waals surface area contributed by atoms with Crippen molar-refractivity contribution < 1.29 is 12.8 Å². The van der Waals surface area contributed by atoms with Gasteiger partial charge in [0, 0.05) is 5.41 Å². The number of halogens is 2. The number of benzene rings is 1. The van der Waals surface area contributed by atoms with Crippen molar-refractivity contribution in [3.05, 3.63) is 23.0 Å². The van der Waals surface area contributed by atoms with Crippen molar-refractivity contribution in [3.8, 4) is 0 Å². The van der Waals surface area contributed by atoms with Crippen LogP contribution in [0.4, 0.5) is 0 Å². The fourth-order valence-electron chi connectivity index (χ4n) is 4.19. The second kappa shape index (κ2) is 6.90. The molecule has 2 aliphatic rings. The molecule has 1 spiro atoms. The van der Waals surface area contributed by atoms with Crippen LogP contribution in [0, 0.1) is 5.41 Å². The molecule has 1 N–H and O–H groups in total. The lowest BCUT2D eigenvalue weighted by Crippen LogP contribution is -2.50. The molecule has 2 aromatic rings. The van der Waals surface area contributed by atoms with Crippen LogP contribution in [0.15, 0.2) is 21.4 Å². The van der Waals surface area contributed by atoms with E-state index in [4.69, 9.17) is 16.0 Å². The summed E-state index contributed by atoms with van der Waals surface area (Å²) in [5.74, 6) is 0.523. The van der Waals surface area contributed by atoms with E-state index in [2.05, 4.69) is 10.3 Å². The first-order valence-corrected chi connectivity index (χ1v) is 11.1. The van der Waals surface area contributed by atoms with Crippen LogP contribution in [0.25, 0.3) is 11.1 Å². The van der Waals surface area contributed by atoms with E-state index >= 15 is 0 Å². The molecule has 0 radical (unpaired) electrons. The lowest BCUT2D eigenvalue weighted by molar-refractivity contribution is 0.0901. The summed E-state index contributed by atoms with van der Waals surface area (Å²) in [4.78, 5) is 4.61. The van der Waals surface area contributed by atoms with Gasteiger partial charge in [-0.25, -0.2) is 13.4 Å². The Hall–Kier alpha value is -0.820. The van der Waals surface area contributed by atoms with E-state index in [1.807, 2.05) is 20.8 Å². The maximum atomic E-state index is 13.3. The first-order chi connectivity index (χ1) is 12.1. The fourth-order valence-corrected chi connectivity index (χ4v) is 6.88. The van der Waals surface area contributed by atoms with Crippen LogP contribution in [0.3, 0.4) is 0 Å². The highest BCUT2D eigenvalue weighted by Crippen LogP contribution is 2.52. The van der Waals surface area contributed by atoms with E-state index in [9.17, 15) is 8.42 Å². The lowest BCUT2D eigenvalue weighted by Gasteiger charge is -2.49. The van der Waals surface area contributed by atoms with Crippen molar-refractivity contribution in [3.63, 3.8) is 0 Å². The molecule has 1 aliphatic carbocycles. The molecule has 8 heteroatoms. The van der Waals surface area contributed by atoms with Gasteiger partial charge in [0.05, 0.1) is 10.3 Å². The number of hydrogen-bond acceptors (Lipinski definition) is 5. The van der Waals surface area contributed by atoms with Gasteiger partial charge in [0.15, 0.2) is 15.4 Å². The second-order valence-electron chi connectivity index (χ2n) is 8.82.